The zero-order valence-electron chi connectivity index (χ0n) is 19.8. The second-order valence-corrected chi connectivity index (χ2v) is 8.63. The molecule has 1 fully saturated rings. The van der Waals surface area contributed by atoms with Crippen molar-refractivity contribution in [3.8, 4) is 5.69 Å². The van der Waals surface area contributed by atoms with Gasteiger partial charge in [0.25, 0.3) is 5.56 Å². The number of hydrogen-bond donors (Lipinski definition) is 1. The highest BCUT2D eigenvalue weighted by molar-refractivity contribution is 5.81. The summed E-state index contributed by atoms with van der Waals surface area (Å²) in [5.41, 5.74) is 0.452. The predicted molar refractivity (Wildman–Crippen MR) is 130 cm³/mol. The smallest absolute Gasteiger partial charge is 0.280 e. The Morgan fingerprint density at radius 3 is 2.67 bits per heavy atom. The van der Waals surface area contributed by atoms with Crippen molar-refractivity contribution in [2.24, 2.45) is 4.99 Å². The van der Waals surface area contributed by atoms with E-state index in [0.717, 1.165) is 37.3 Å². The molecule has 1 aliphatic rings. The number of likely N-dealkylation sites (N-methyl/N-ethyl adjacent to an activating group) is 1. The summed E-state index contributed by atoms with van der Waals surface area (Å²) in [6.07, 6.45) is 8.09. The zero-order chi connectivity index (χ0) is 24.0. The van der Waals surface area contributed by atoms with Gasteiger partial charge in [0.05, 0.1) is 23.1 Å². The first-order chi connectivity index (χ1) is 15.8. The Morgan fingerprint density at radius 2 is 1.94 bits per heavy atom. The van der Waals surface area contributed by atoms with Crippen molar-refractivity contribution in [1.82, 2.24) is 19.6 Å². The van der Waals surface area contributed by atoms with E-state index in [1.165, 1.54) is 31.3 Å². The molecular weight excluding hydrogens is 424 g/mol. The second-order valence-electron chi connectivity index (χ2n) is 8.63. The van der Waals surface area contributed by atoms with Crippen LogP contribution in [0.3, 0.4) is 0 Å². The fraction of sp³-hybridized carbons (Fsp3) is 0.440. The van der Waals surface area contributed by atoms with Crippen molar-refractivity contribution < 1.29 is 8.78 Å². The molecule has 1 aromatic carbocycles. The number of nitrogens with one attached hydrogen (secondary N) is 1. The molecule has 33 heavy (non-hydrogen) atoms. The molecule has 0 radical (unpaired) electrons. The molecule has 8 heteroatoms. The molecule has 3 rings (SSSR count). The monoisotopic (exact) mass is 457 g/mol. The van der Waals surface area contributed by atoms with E-state index >= 15 is 0 Å². The molecule has 1 aliphatic heterocycles. The molecule has 0 bridgehead atoms. The number of aromatic amines is 1. The van der Waals surface area contributed by atoms with Gasteiger partial charge >= 0.3 is 0 Å². The van der Waals surface area contributed by atoms with E-state index in [2.05, 4.69) is 33.1 Å². The summed E-state index contributed by atoms with van der Waals surface area (Å²) < 4.78 is 29.1. The molecule has 1 saturated heterocycles. The van der Waals surface area contributed by atoms with Crippen molar-refractivity contribution in [3.63, 3.8) is 0 Å². The number of aliphatic imine (C=N–C) groups is 1. The summed E-state index contributed by atoms with van der Waals surface area (Å²) >= 11 is 0. The predicted octanol–water partition coefficient (Wildman–Crippen LogP) is 4.24. The summed E-state index contributed by atoms with van der Waals surface area (Å²) in [6.45, 7) is 9.13. The Hall–Kier alpha value is -3.00. The quantitative estimate of drug-likeness (QED) is 0.633. The molecule has 178 valence electrons. The number of allylic oxidation sites excluding steroid dienone is 2. The van der Waals surface area contributed by atoms with Crippen LogP contribution in [0.5, 0.6) is 0 Å². The minimum absolute atomic E-state index is 0.107. The van der Waals surface area contributed by atoms with Gasteiger partial charge in [-0.05, 0) is 64.3 Å². The first-order valence-electron chi connectivity index (χ1n) is 11.3. The Morgan fingerprint density at radius 1 is 1.18 bits per heavy atom. The molecule has 1 aromatic heterocycles. The number of rotatable bonds is 7. The van der Waals surface area contributed by atoms with E-state index in [1.54, 1.807) is 19.1 Å². The lowest BCUT2D eigenvalue weighted by molar-refractivity contribution is 0.337. The van der Waals surface area contributed by atoms with E-state index in [-0.39, 0.29) is 17.6 Å². The standard InChI is InChI=1S/C25H33F2N5O/c1-18(16-19(2)26)24-21(25(33)32(29-24)23-9-6-5-8-22(23)27)17-28-20(3)10-13-31-12-7-11-30(4)14-15-31/h5-6,8-10,13,16-18,20,29H,7,11-12,14-15H2,1-4H3/b13-10+,19-16+,28-17?. The molecule has 1 N–H and O–H groups in total. The summed E-state index contributed by atoms with van der Waals surface area (Å²) in [5, 5.41) is 2.96. The van der Waals surface area contributed by atoms with Crippen LogP contribution in [0.25, 0.3) is 5.69 Å². The normalized spacial score (nSPS) is 18.2. The van der Waals surface area contributed by atoms with Gasteiger partial charge in [0.15, 0.2) is 0 Å². The highest BCUT2D eigenvalue weighted by Gasteiger charge is 2.19. The SMILES string of the molecule is C/C(F)=C\C(C)c1[nH]n(-c2ccccc2F)c(=O)c1C=NC(C)/C=C/N1CCCN(C)CC1. The van der Waals surface area contributed by atoms with Crippen molar-refractivity contribution in [2.75, 3.05) is 33.2 Å². The molecule has 0 aliphatic carbocycles. The highest BCUT2D eigenvalue weighted by atomic mass is 19.1. The summed E-state index contributed by atoms with van der Waals surface area (Å²) in [4.78, 5) is 22.3. The van der Waals surface area contributed by atoms with Gasteiger partial charge < -0.3 is 9.80 Å². The van der Waals surface area contributed by atoms with Crippen LogP contribution in [0.2, 0.25) is 0 Å². The molecule has 2 heterocycles. The lowest BCUT2D eigenvalue weighted by Gasteiger charge is -2.18. The van der Waals surface area contributed by atoms with Crippen LogP contribution in [-0.4, -0.2) is 65.1 Å². The number of nitrogens with zero attached hydrogens (tertiary/aromatic N) is 4. The molecule has 6 nitrogen and oxygen atoms in total. The number of hydrogen-bond acceptors (Lipinski definition) is 4. The van der Waals surface area contributed by atoms with Crippen molar-refractivity contribution >= 4 is 6.21 Å². The van der Waals surface area contributed by atoms with Crippen molar-refractivity contribution in [2.45, 2.75) is 39.2 Å². The maximum atomic E-state index is 14.3. The third-order valence-electron chi connectivity index (χ3n) is 5.75. The van der Waals surface area contributed by atoms with Gasteiger partial charge in [0.2, 0.25) is 0 Å². The first-order valence-corrected chi connectivity index (χ1v) is 11.3. The van der Waals surface area contributed by atoms with Gasteiger partial charge in [-0.3, -0.25) is 14.9 Å². The number of para-hydroxylation sites is 1. The Balaban J connectivity index is 1.88. The number of H-pyrrole nitrogens is 1. The van der Waals surface area contributed by atoms with Gasteiger partial charge in [0.1, 0.15) is 11.5 Å². The maximum absolute atomic E-state index is 14.3. The molecule has 2 unspecified atom stereocenters. The fourth-order valence-corrected chi connectivity index (χ4v) is 3.87. The molecular formula is C25H33F2N5O. The Bertz CT molecular complexity index is 1080. The number of benzene rings is 1. The van der Waals surface area contributed by atoms with Crippen LogP contribution in [0.1, 0.15) is 44.4 Å². The van der Waals surface area contributed by atoms with E-state index in [0.29, 0.717) is 11.3 Å². The van der Waals surface area contributed by atoms with Crippen LogP contribution in [0.15, 0.2) is 58.2 Å². The van der Waals surface area contributed by atoms with Crippen molar-refractivity contribution in [1.29, 1.82) is 0 Å². The molecule has 2 aromatic rings. The minimum Gasteiger partial charge on any atom is -0.376 e. The van der Waals surface area contributed by atoms with Gasteiger partial charge in [0, 0.05) is 31.8 Å². The summed E-state index contributed by atoms with van der Waals surface area (Å²) in [6, 6.07) is 5.86. The number of aromatic nitrogens is 2. The Labute approximate surface area is 193 Å². The molecule has 2 atom stereocenters. The fourth-order valence-electron chi connectivity index (χ4n) is 3.87. The van der Waals surface area contributed by atoms with Gasteiger partial charge in [-0.2, -0.15) is 0 Å². The maximum Gasteiger partial charge on any atom is 0.280 e. The largest absolute Gasteiger partial charge is 0.376 e. The minimum atomic E-state index is -0.528. The third-order valence-corrected chi connectivity index (χ3v) is 5.75. The lowest BCUT2D eigenvalue weighted by Crippen LogP contribution is -2.25. The first kappa shape index (κ1) is 24.6. The van der Waals surface area contributed by atoms with E-state index < -0.39 is 17.3 Å². The van der Waals surface area contributed by atoms with Crippen LogP contribution < -0.4 is 5.56 Å². The van der Waals surface area contributed by atoms with Gasteiger partial charge in [-0.1, -0.05) is 19.1 Å². The van der Waals surface area contributed by atoms with Crippen LogP contribution in [0, 0.1) is 5.82 Å². The Kier molecular flexibility index (Phi) is 8.38. The van der Waals surface area contributed by atoms with E-state index in [9.17, 15) is 13.6 Å². The average Bonchev–Trinajstić information content (AvgIpc) is 2.94. The summed E-state index contributed by atoms with van der Waals surface area (Å²) in [7, 11) is 2.13. The number of halogens is 2. The van der Waals surface area contributed by atoms with Crippen LogP contribution >= 0.6 is 0 Å². The molecule has 0 saturated carbocycles. The lowest BCUT2D eigenvalue weighted by atomic mass is 10.0. The third kappa shape index (κ3) is 6.51. The van der Waals surface area contributed by atoms with Crippen LogP contribution in [-0.2, 0) is 0 Å². The molecule has 0 amide bonds. The van der Waals surface area contributed by atoms with Crippen molar-refractivity contribution in [3.05, 3.63) is 75.9 Å². The molecule has 0 spiro atoms. The second kappa shape index (κ2) is 11.2. The van der Waals surface area contributed by atoms with Gasteiger partial charge in [-0.25, -0.2) is 13.5 Å². The highest BCUT2D eigenvalue weighted by Crippen LogP contribution is 2.20. The van der Waals surface area contributed by atoms with Gasteiger partial charge in [-0.15, -0.1) is 0 Å². The van der Waals surface area contributed by atoms with E-state index in [1.807, 2.05) is 13.0 Å². The van der Waals surface area contributed by atoms with Crippen LogP contribution in [0.4, 0.5) is 8.78 Å². The topological polar surface area (TPSA) is 56.6 Å². The zero-order valence-corrected chi connectivity index (χ0v) is 19.8. The summed E-state index contributed by atoms with van der Waals surface area (Å²) in [5.74, 6) is -1.30. The average molecular weight is 458 g/mol. The van der Waals surface area contributed by atoms with E-state index in [4.69, 9.17) is 0 Å².